The van der Waals surface area contributed by atoms with Crippen molar-refractivity contribution in [1.29, 1.82) is 0 Å². The number of fused-ring (bicyclic) bond motifs is 1. The fourth-order valence-electron chi connectivity index (χ4n) is 4.19. The third-order valence-corrected chi connectivity index (χ3v) is 10.0. The molecule has 0 saturated carbocycles. The van der Waals surface area contributed by atoms with Gasteiger partial charge in [-0.1, -0.05) is 0 Å². The van der Waals surface area contributed by atoms with Crippen LogP contribution in [0.3, 0.4) is 0 Å². The van der Waals surface area contributed by atoms with Gasteiger partial charge in [0, 0.05) is 18.0 Å². The molecule has 0 atom stereocenters. The average Bonchev–Trinajstić information content (AvgIpc) is 2.93. The number of sulfone groups is 2. The first-order chi connectivity index (χ1) is 19.9. The highest BCUT2D eigenvalue weighted by Gasteiger charge is 2.21. The summed E-state index contributed by atoms with van der Waals surface area (Å²) < 4.78 is 48.7. The van der Waals surface area contributed by atoms with Gasteiger partial charge in [-0.25, -0.2) is 16.8 Å². The highest BCUT2D eigenvalue weighted by atomic mass is 32.2. The monoisotopic (exact) mass is 615 g/mol. The standard InChI is InChI=1S/C26H29N7O7S2/c27-9-11-41(37,38)18-5-1-16(2-6-18)30-32-24-20(34)13-15-14-21(35)25(26(36)22(15)23(24)29)33-31-17-3-7-19(8-4-17)42(39,40)12-10-28/h1,3-5,7-8,13-14,34-36H,2,6,9-12,27-29H2. The third-order valence-electron chi connectivity index (χ3n) is 6.35. The molecule has 0 amide bonds. The van der Waals surface area contributed by atoms with Crippen molar-refractivity contribution in [2.24, 2.45) is 31.9 Å². The zero-order valence-corrected chi connectivity index (χ0v) is 23.8. The minimum absolute atomic E-state index is 0.0132. The number of azo groups is 2. The summed E-state index contributed by atoms with van der Waals surface area (Å²) >= 11 is 0. The molecule has 9 N–H and O–H groups in total. The number of rotatable bonds is 10. The second kappa shape index (κ2) is 12.2. The Hall–Kier alpha value is -4.38. The molecule has 0 saturated heterocycles. The van der Waals surface area contributed by atoms with Gasteiger partial charge in [-0.15, -0.1) is 10.2 Å². The van der Waals surface area contributed by atoms with Crippen molar-refractivity contribution >= 4 is 53.2 Å². The van der Waals surface area contributed by atoms with Gasteiger partial charge < -0.3 is 32.5 Å². The number of hydrogen-bond acceptors (Lipinski definition) is 14. The molecule has 1 aliphatic carbocycles. The Bertz CT molecular complexity index is 1870. The Balaban J connectivity index is 1.66. The van der Waals surface area contributed by atoms with Gasteiger partial charge in [-0.05, 0) is 66.8 Å². The largest absolute Gasteiger partial charge is 0.506 e. The summed E-state index contributed by atoms with van der Waals surface area (Å²) in [6.45, 7) is -0.00821. The van der Waals surface area contributed by atoms with Gasteiger partial charge in [0.15, 0.2) is 36.8 Å². The zero-order valence-electron chi connectivity index (χ0n) is 22.2. The van der Waals surface area contributed by atoms with E-state index in [4.69, 9.17) is 17.2 Å². The van der Waals surface area contributed by atoms with E-state index in [9.17, 15) is 32.2 Å². The first-order valence-corrected chi connectivity index (χ1v) is 15.9. The summed E-state index contributed by atoms with van der Waals surface area (Å²) in [5.41, 5.74) is 17.0. The van der Waals surface area contributed by atoms with Gasteiger partial charge >= 0.3 is 0 Å². The van der Waals surface area contributed by atoms with Crippen LogP contribution in [0.4, 0.5) is 22.7 Å². The molecule has 0 radical (unpaired) electrons. The van der Waals surface area contributed by atoms with E-state index < -0.39 is 31.2 Å². The van der Waals surface area contributed by atoms with E-state index in [-0.39, 0.29) is 86.5 Å². The zero-order chi connectivity index (χ0) is 30.7. The summed E-state index contributed by atoms with van der Waals surface area (Å²) in [5.74, 6) is -1.74. The molecule has 0 spiro atoms. The fraction of sp³-hybridized carbons (Fsp3) is 0.231. The van der Waals surface area contributed by atoms with E-state index in [1.165, 1.54) is 48.6 Å². The quantitative estimate of drug-likeness (QED) is 0.142. The number of allylic oxidation sites excluding steroid dienone is 4. The molecule has 0 aromatic heterocycles. The number of aromatic hydroxyl groups is 3. The molecule has 0 bridgehead atoms. The van der Waals surface area contributed by atoms with Gasteiger partial charge in [-0.2, -0.15) is 10.2 Å². The number of nitrogen functional groups attached to an aromatic ring is 1. The Morgan fingerprint density at radius 1 is 0.738 bits per heavy atom. The molecule has 3 aromatic rings. The number of phenolic OH excluding ortho intramolecular Hbond substituents is 3. The Labute approximate surface area is 241 Å². The van der Waals surface area contributed by atoms with Gasteiger partial charge in [0.2, 0.25) is 0 Å². The van der Waals surface area contributed by atoms with Crippen LogP contribution in [0.5, 0.6) is 17.2 Å². The maximum Gasteiger partial charge on any atom is 0.179 e. The Morgan fingerprint density at radius 3 is 1.93 bits per heavy atom. The summed E-state index contributed by atoms with van der Waals surface area (Å²) in [4.78, 5) is 0.314. The SMILES string of the molecule is NCCS(=O)(=O)C1=CC=C(N=Nc2c(O)cc3cc(O)c(N=Nc4ccc(S(=O)(=O)CCN)cc4)c(O)c3c2N)CC1. The Kier molecular flexibility index (Phi) is 8.91. The number of nitrogens with zero attached hydrogens (tertiary/aromatic N) is 4. The second-order valence-electron chi connectivity index (χ2n) is 9.25. The lowest BCUT2D eigenvalue weighted by Crippen LogP contribution is -2.18. The smallest absolute Gasteiger partial charge is 0.179 e. The lowest BCUT2D eigenvalue weighted by Gasteiger charge is -2.13. The summed E-state index contributed by atoms with van der Waals surface area (Å²) in [6, 6.07) is 7.94. The molecule has 222 valence electrons. The van der Waals surface area contributed by atoms with Crippen molar-refractivity contribution in [3.8, 4) is 17.2 Å². The molecule has 16 heteroatoms. The topological polar surface area (TPSA) is 256 Å². The predicted molar refractivity (Wildman–Crippen MR) is 158 cm³/mol. The van der Waals surface area contributed by atoms with E-state index in [1.807, 2.05) is 0 Å². The van der Waals surface area contributed by atoms with Crippen LogP contribution >= 0.6 is 0 Å². The van der Waals surface area contributed by atoms with Crippen LogP contribution in [-0.2, 0) is 19.7 Å². The van der Waals surface area contributed by atoms with Gasteiger partial charge in [0.25, 0.3) is 0 Å². The van der Waals surface area contributed by atoms with Crippen molar-refractivity contribution in [3.63, 3.8) is 0 Å². The molecule has 4 rings (SSSR count). The maximum atomic E-state index is 12.2. The predicted octanol–water partition coefficient (Wildman–Crippen LogP) is 3.71. The number of anilines is 1. The van der Waals surface area contributed by atoms with Crippen LogP contribution in [0.25, 0.3) is 10.8 Å². The van der Waals surface area contributed by atoms with Crippen LogP contribution in [0, 0.1) is 0 Å². The van der Waals surface area contributed by atoms with Crippen molar-refractivity contribution in [3.05, 3.63) is 59.2 Å². The van der Waals surface area contributed by atoms with Crippen molar-refractivity contribution in [2.45, 2.75) is 17.7 Å². The van der Waals surface area contributed by atoms with Crippen molar-refractivity contribution in [1.82, 2.24) is 0 Å². The number of benzene rings is 3. The molecule has 1 aliphatic rings. The lowest BCUT2D eigenvalue weighted by atomic mass is 10.0. The lowest BCUT2D eigenvalue weighted by molar-refractivity contribution is 0.457. The second-order valence-corrected chi connectivity index (χ2v) is 13.5. The van der Waals surface area contributed by atoms with E-state index >= 15 is 0 Å². The number of nitrogens with two attached hydrogens (primary N) is 3. The van der Waals surface area contributed by atoms with Gasteiger partial charge in [0.05, 0.1) is 38.9 Å². The summed E-state index contributed by atoms with van der Waals surface area (Å²) in [6.07, 6.45) is 3.42. The Morgan fingerprint density at radius 2 is 1.33 bits per heavy atom. The van der Waals surface area contributed by atoms with Crippen molar-refractivity contribution in [2.75, 3.05) is 30.3 Å². The normalized spacial score (nSPS) is 14.5. The maximum absolute atomic E-state index is 12.2. The molecule has 14 nitrogen and oxygen atoms in total. The first-order valence-electron chi connectivity index (χ1n) is 12.6. The fourth-order valence-corrected chi connectivity index (χ4v) is 6.55. The number of phenols is 3. The molecule has 0 heterocycles. The number of hydrogen-bond donors (Lipinski definition) is 6. The van der Waals surface area contributed by atoms with E-state index in [0.717, 1.165) is 0 Å². The van der Waals surface area contributed by atoms with Gasteiger partial charge in [0.1, 0.15) is 11.5 Å². The van der Waals surface area contributed by atoms with Crippen LogP contribution < -0.4 is 17.2 Å². The van der Waals surface area contributed by atoms with Crippen molar-refractivity contribution < 1.29 is 32.2 Å². The molecule has 0 fully saturated rings. The average molecular weight is 616 g/mol. The van der Waals surface area contributed by atoms with Crippen LogP contribution in [0.1, 0.15) is 12.8 Å². The summed E-state index contributed by atoms with van der Waals surface area (Å²) in [7, 11) is -6.97. The van der Waals surface area contributed by atoms with Crippen LogP contribution in [0.15, 0.2) is 84.5 Å². The van der Waals surface area contributed by atoms with E-state index in [2.05, 4.69) is 20.5 Å². The summed E-state index contributed by atoms with van der Waals surface area (Å²) in [5, 5.41) is 48.2. The van der Waals surface area contributed by atoms with Crippen LogP contribution in [-0.4, -0.2) is 56.8 Å². The highest BCUT2D eigenvalue weighted by molar-refractivity contribution is 7.95. The van der Waals surface area contributed by atoms with E-state index in [0.29, 0.717) is 5.70 Å². The third kappa shape index (κ3) is 6.41. The minimum atomic E-state index is -3.53. The van der Waals surface area contributed by atoms with Crippen LogP contribution in [0.2, 0.25) is 0 Å². The molecule has 0 unspecified atom stereocenters. The van der Waals surface area contributed by atoms with Gasteiger partial charge in [-0.3, -0.25) is 0 Å². The first kappa shape index (κ1) is 30.6. The molecule has 3 aromatic carbocycles. The molecule has 0 aliphatic heterocycles. The minimum Gasteiger partial charge on any atom is -0.506 e. The van der Waals surface area contributed by atoms with E-state index in [1.54, 1.807) is 0 Å². The molecular formula is C26H29N7O7S2. The molecule has 42 heavy (non-hydrogen) atoms. The molecular weight excluding hydrogens is 586 g/mol. The highest BCUT2D eigenvalue weighted by Crippen LogP contribution is 2.50.